The van der Waals surface area contributed by atoms with Gasteiger partial charge in [0.2, 0.25) is 5.91 Å². The molecule has 6 heteroatoms. The van der Waals surface area contributed by atoms with Gasteiger partial charge in [-0.25, -0.2) is 5.21 Å². The second kappa shape index (κ2) is 5.75. The lowest BCUT2D eigenvalue weighted by molar-refractivity contribution is -0.825. The summed E-state index contributed by atoms with van der Waals surface area (Å²) in [6.07, 6.45) is 1.96. The number of rotatable bonds is 3. The molecule has 1 amide bonds. The van der Waals surface area contributed by atoms with Gasteiger partial charge in [-0.05, 0) is 17.7 Å². The monoisotopic (exact) mass is 312 g/mol. The molecule has 1 aliphatic rings. The van der Waals surface area contributed by atoms with Crippen molar-refractivity contribution in [1.82, 2.24) is 10.3 Å². The van der Waals surface area contributed by atoms with Crippen molar-refractivity contribution >= 4 is 28.1 Å². The Labute approximate surface area is 133 Å². The molecule has 5 N–H and O–H groups in total. The smallest absolute Gasteiger partial charge is 0.228 e. The summed E-state index contributed by atoms with van der Waals surface area (Å²) in [4.78, 5) is 15.5. The van der Waals surface area contributed by atoms with Crippen molar-refractivity contribution in [3.05, 3.63) is 60.1 Å². The number of hydrogen-bond acceptors (Lipinski definition) is 3. The summed E-state index contributed by atoms with van der Waals surface area (Å²) in [6.45, 7) is 7.73. The van der Waals surface area contributed by atoms with Crippen molar-refractivity contribution < 1.29 is 20.2 Å². The van der Waals surface area contributed by atoms with Crippen LogP contribution in [0.25, 0.3) is 16.5 Å². The molecule has 1 aliphatic heterocycles. The summed E-state index contributed by atoms with van der Waals surface area (Å²) in [5.41, 5.74) is 5.48. The average molecular weight is 312 g/mol. The minimum atomic E-state index is -0.137. The molecule has 1 aromatic carbocycles. The average Bonchev–Trinajstić information content (AvgIpc) is 2.83. The van der Waals surface area contributed by atoms with Crippen LogP contribution in [0.2, 0.25) is 0 Å². The van der Waals surface area contributed by atoms with Crippen molar-refractivity contribution in [1.29, 1.82) is 0 Å². The van der Waals surface area contributed by atoms with Gasteiger partial charge < -0.3 is 15.0 Å². The molecule has 23 heavy (non-hydrogen) atoms. The number of ether oxygens (including phenoxy) is 1. The maximum atomic E-state index is 12.1. The third kappa shape index (κ3) is 2.65. The zero-order valence-corrected chi connectivity index (χ0v) is 12.8. The number of nitrogens with two attached hydrogens (primary N) is 1. The van der Waals surface area contributed by atoms with E-state index >= 15 is 0 Å². The summed E-state index contributed by atoms with van der Waals surface area (Å²) in [5.74, 6) is 0.327. The first-order chi connectivity index (χ1) is 11.0. The number of methoxy groups -OCH3 is 1. The Morgan fingerprint density at radius 3 is 2.96 bits per heavy atom. The van der Waals surface area contributed by atoms with Gasteiger partial charge in [-0.2, -0.15) is 5.48 Å². The highest BCUT2D eigenvalue weighted by molar-refractivity contribution is 6.00. The molecule has 0 fully saturated rings. The minimum Gasteiger partial charge on any atom is -0.497 e. The highest BCUT2D eigenvalue weighted by Crippen LogP contribution is 2.34. The van der Waals surface area contributed by atoms with Crippen LogP contribution in [-0.4, -0.2) is 23.2 Å². The van der Waals surface area contributed by atoms with E-state index in [-0.39, 0.29) is 12.3 Å². The zero-order valence-electron chi connectivity index (χ0n) is 12.8. The van der Waals surface area contributed by atoms with Crippen LogP contribution in [0.15, 0.2) is 48.9 Å². The van der Waals surface area contributed by atoms with Crippen LogP contribution in [0.1, 0.15) is 11.3 Å². The van der Waals surface area contributed by atoms with Crippen molar-refractivity contribution in [2.75, 3.05) is 7.11 Å². The lowest BCUT2D eigenvalue weighted by atomic mass is 10.0. The Hall–Kier alpha value is -2.83. The standard InChI is InChI=1S/C17H17N3O3/c1-9(23-3)6-12-10(2)18-16(21)8-14-13-7-11(20-22)4-5-15(13)19-17(12)14/h4-7,19-20,22H,1-2,8H2,3H3,(H,18,21)/p+1/b12-6+. The molecule has 118 valence electrons. The molecule has 0 spiro atoms. The Balaban J connectivity index is 2.27. The molecule has 6 nitrogen and oxygen atoms in total. The number of aromatic amines is 1. The Morgan fingerprint density at radius 2 is 2.26 bits per heavy atom. The first-order valence-corrected chi connectivity index (χ1v) is 7.09. The predicted octanol–water partition coefficient (Wildman–Crippen LogP) is 1.48. The number of amides is 1. The molecule has 0 radical (unpaired) electrons. The van der Waals surface area contributed by atoms with E-state index in [0.29, 0.717) is 17.1 Å². The van der Waals surface area contributed by atoms with Gasteiger partial charge in [0.1, 0.15) is 5.76 Å². The highest BCUT2D eigenvalue weighted by atomic mass is 16.5. The summed E-state index contributed by atoms with van der Waals surface area (Å²) in [5, 5.41) is 12.9. The van der Waals surface area contributed by atoms with Crippen molar-refractivity contribution in [3.63, 3.8) is 0 Å². The zero-order chi connectivity index (χ0) is 16.6. The topological polar surface area (TPSA) is 91.0 Å². The Morgan fingerprint density at radius 1 is 1.48 bits per heavy atom. The quantitative estimate of drug-likeness (QED) is 0.393. The van der Waals surface area contributed by atoms with Gasteiger partial charge in [0.15, 0.2) is 5.69 Å². The first-order valence-electron chi connectivity index (χ1n) is 7.09. The van der Waals surface area contributed by atoms with Crippen LogP contribution in [-0.2, 0) is 16.0 Å². The summed E-state index contributed by atoms with van der Waals surface area (Å²) in [6, 6.07) is 5.51. The molecule has 2 heterocycles. The number of allylic oxidation sites excluding steroid dienone is 2. The molecule has 1 aromatic heterocycles. The number of nitrogens with one attached hydrogen (secondary N) is 2. The van der Waals surface area contributed by atoms with Crippen molar-refractivity contribution in [3.8, 4) is 0 Å². The maximum Gasteiger partial charge on any atom is 0.228 e. The first kappa shape index (κ1) is 15.1. The van der Waals surface area contributed by atoms with E-state index in [9.17, 15) is 10.0 Å². The number of aromatic nitrogens is 1. The maximum absolute atomic E-state index is 12.1. The summed E-state index contributed by atoms with van der Waals surface area (Å²) in [7, 11) is 1.53. The molecule has 0 atom stereocenters. The van der Waals surface area contributed by atoms with Gasteiger partial charge >= 0.3 is 0 Å². The Kier molecular flexibility index (Phi) is 3.77. The van der Waals surface area contributed by atoms with Crippen LogP contribution in [0.4, 0.5) is 5.69 Å². The highest BCUT2D eigenvalue weighted by Gasteiger charge is 2.24. The van der Waals surface area contributed by atoms with Gasteiger partial charge in [0.25, 0.3) is 0 Å². The van der Waals surface area contributed by atoms with Crippen molar-refractivity contribution in [2.24, 2.45) is 0 Å². The Bertz CT molecular complexity index is 861. The molecule has 0 unspecified atom stereocenters. The van der Waals surface area contributed by atoms with Crippen LogP contribution in [0, 0.1) is 0 Å². The summed E-state index contributed by atoms with van der Waals surface area (Å²) < 4.78 is 5.12. The fourth-order valence-corrected chi connectivity index (χ4v) is 2.73. The van der Waals surface area contributed by atoms with Crippen LogP contribution >= 0.6 is 0 Å². The normalized spacial score (nSPS) is 16.2. The molecule has 2 aromatic rings. The SMILES string of the molecule is C=C(/C=C1\C(=C)NC(=O)Cc2c1[nH]c1ccc([NH2+]O)cc21)OC. The molecule has 3 rings (SSSR count). The number of carbonyl (C=O) groups is 1. The molecule has 0 saturated carbocycles. The number of fused-ring (bicyclic) bond motifs is 3. The van der Waals surface area contributed by atoms with E-state index < -0.39 is 0 Å². The van der Waals surface area contributed by atoms with E-state index in [0.717, 1.165) is 33.2 Å². The van der Waals surface area contributed by atoms with E-state index in [1.54, 1.807) is 12.1 Å². The minimum absolute atomic E-state index is 0.137. The number of H-pyrrole nitrogens is 1. The van der Waals surface area contributed by atoms with Crippen LogP contribution < -0.4 is 10.8 Å². The van der Waals surface area contributed by atoms with Gasteiger partial charge in [0.05, 0.1) is 19.2 Å². The molecule has 0 saturated heterocycles. The number of quaternary nitrogens is 1. The lowest BCUT2D eigenvalue weighted by Gasteiger charge is -2.09. The lowest BCUT2D eigenvalue weighted by Crippen LogP contribution is -2.73. The second-order valence-electron chi connectivity index (χ2n) is 5.34. The largest absolute Gasteiger partial charge is 0.497 e. The van der Waals surface area contributed by atoms with Gasteiger partial charge in [-0.1, -0.05) is 13.2 Å². The van der Waals surface area contributed by atoms with Crippen molar-refractivity contribution in [2.45, 2.75) is 6.42 Å². The number of carbonyl (C=O) groups excluding carboxylic acids is 1. The predicted molar refractivity (Wildman–Crippen MR) is 86.8 cm³/mol. The number of hydrogen-bond donors (Lipinski definition) is 4. The molecule has 0 aliphatic carbocycles. The third-order valence-electron chi connectivity index (χ3n) is 3.87. The fourth-order valence-electron chi connectivity index (χ4n) is 2.73. The number of benzene rings is 1. The molecular weight excluding hydrogens is 294 g/mol. The van der Waals surface area contributed by atoms with Crippen LogP contribution in [0.5, 0.6) is 0 Å². The molecule has 0 bridgehead atoms. The van der Waals surface area contributed by atoms with Gasteiger partial charge in [-0.3, -0.25) is 4.79 Å². The fraction of sp³-hybridized carbons (Fsp3) is 0.118. The van der Waals surface area contributed by atoms with E-state index in [2.05, 4.69) is 23.5 Å². The van der Waals surface area contributed by atoms with E-state index in [1.165, 1.54) is 7.11 Å². The van der Waals surface area contributed by atoms with E-state index in [1.807, 2.05) is 12.1 Å². The van der Waals surface area contributed by atoms with E-state index in [4.69, 9.17) is 4.74 Å². The third-order valence-corrected chi connectivity index (χ3v) is 3.87. The van der Waals surface area contributed by atoms with Gasteiger partial charge in [-0.15, -0.1) is 0 Å². The molecular formula is C17H18N3O3+. The van der Waals surface area contributed by atoms with Gasteiger partial charge in [0, 0.05) is 34.3 Å². The van der Waals surface area contributed by atoms with Crippen LogP contribution in [0.3, 0.4) is 0 Å². The second-order valence-corrected chi connectivity index (χ2v) is 5.34. The summed E-state index contributed by atoms with van der Waals surface area (Å²) >= 11 is 0.